The molecule has 0 saturated carbocycles. The van der Waals surface area contributed by atoms with E-state index < -0.39 is 12.0 Å². The number of aromatic hydroxyl groups is 1. The first-order valence-electron chi connectivity index (χ1n) is 8.50. The van der Waals surface area contributed by atoms with Crippen molar-refractivity contribution < 1.29 is 13.9 Å². The third-order valence-electron chi connectivity index (χ3n) is 4.68. The van der Waals surface area contributed by atoms with Gasteiger partial charge in [-0.05, 0) is 31.2 Å². The molecule has 1 aromatic carbocycles. The Morgan fingerprint density at radius 3 is 2.81 bits per heavy atom. The van der Waals surface area contributed by atoms with Gasteiger partial charge in [0.05, 0.1) is 18.4 Å². The second-order valence-corrected chi connectivity index (χ2v) is 6.50. The van der Waals surface area contributed by atoms with Crippen molar-refractivity contribution in [2.75, 3.05) is 18.8 Å². The lowest BCUT2D eigenvalue weighted by Gasteiger charge is -2.31. The fraction of sp³-hybridized carbons (Fsp3) is 0.278. The Morgan fingerprint density at radius 2 is 2.04 bits per heavy atom. The number of para-hydroxylation sites is 1. The van der Waals surface area contributed by atoms with Crippen LogP contribution in [0.25, 0.3) is 22.4 Å². The number of nitrogens with two attached hydrogens (primary N) is 1. The Balaban J connectivity index is 1.71. The molecule has 27 heavy (non-hydrogen) atoms. The summed E-state index contributed by atoms with van der Waals surface area (Å²) >= 11 is 0. The zero-order valence-corrected chi connectivity index (χ0v) is 14.3. The van der Waals surface area contributed by atoms with Crippen LogP contribution in [0.15, 0.2) is 42.7 Å². The van der Waals surface area contributed by atoms with Crippen molar-refractivity contribution in [1.29, 1.82) is 0 Å². The summed E-state index contributed by atoms with van der Waals surface area (Å²) in [5, 5.41) is 24.8. The second-order valence-electron chi connectivity index (χ2n) is 6.50. The van der Waals surface area contributed by atoms with Gasteiger partial charge in [0, 0.05) is 22.9 Å². The summed E-state index contributed by atoms with van der Waals surface area (Å²) < 4.78 is 29.6. The third kappa shape index (κ3) is 3.21. The minimum absolute atomic E-state index is 0.0626. The monoisotopic (exact) mass is 372 g/mol. The third-order valence-corrected chi connectivity index (χ3v) is 4.68. The van der Waals surface area contributed by atoms with Crippen molar-refractivity contribution >= 4 is 5.82 Å². The van der Waals surface area contributed by atoms with Gasteiger partial charge >= 0.3 is 0 Å². The minimum atomic E-state index is -2.88. The summed E-state index contributed by atoms with van der Waals surface area (Å²) in [5.41, 5.74) is 7.96. The molecule has 1 saturated heterocycles. The minimum Gasteiger partial charge on any atom is -0.507 e. The molecule has 0 unspecified atom stereocenters. The number of hydrogen-bond donors (Lipinski definition) is 3. The lowest BCUT2D eigenvalue weighted by Crippen LogP contribution is -2.47. The molecule has 0 radical (unpaired) electrons. The first-order valence-corrected chi connectivity index (χ1v) is 8.50. The maximum absolute atomic E-state index is 14.2. The number of aromatic nitrogens is 4. The molecular weight excluding hydrogens is 354 g/mol. The molecule has 1 aliphatic rings. The number of benzene rings is 1. The van der Waals surface area contributed by atoms with Crippen LogP contribution < -0.4 is 11.1 Å². The van der Waals surface area contributed by atoms with Gasteiger partial charge < -0.3 is 16.2 Å². The quantitative estimate of drug-likeness (QED) is 0.653. The van der Waals surface area contributed by atoms with Gasteiger partial charge in [0.15, 0.2) is 5.82 Å². The number of nitrogen functional groups attached to an aromatic ring is 1. The number of hydrogen-bond acceptors (Lipinski definition) is 6. The molecule has 0 aliphatic carbocycles. The molecule has 3 aromatic rings. The summed E-state index contributed by atoms with van der Waals surface area (Å²) in [5.74, 6) is -2.66. The molecule has 1 fully saturated rings. The number of halogens is 2. The average Bonchev–Trinajstić information content (AvgIpc) is 3.12. The van der Waals surface area contributed by atoms with E-state index in [1.807, 2.05) is 0 Å². The van der Waals surface area contributed by atoms with Crippen LogP contribution in [0.3, 0.4) is 0 Å². The molecule has 0 spiro atoms. The molecule has 140 valence electrons. The first-order chi connectivity index (χ1) is 13.0. The van der Waals surface area contributed by atoms with Gasteiger partial charge in [0.25, 0.3) is 5.92 Å². The van der Waals surface area contributed by atoms with Crippen molar-refractivity contribution in [3.63, 3.8) is 0 Å². The van der Waals surface area contributed by atoms with Gasteiger partial charge in [0.2, 0.25) is 0 Å². The zero-order valence-electron chi connectivity index (χ0n) is 14.3. The number of nitrogens with one attached hydrogen (secondary N) is 1. The standard InChI is InChI=1S/C18H18F2N6O/c19-18(20)10-22-6-5-16(18)26-9-11(8-23-26)13-7-14(24-25-17(13)21)12-3-1-2-4-15(12)27/h1-4,7-9,16,22,27H,5-6,10H2,(H2,21,25)/t16-/m1/s1. The Bertz CT molecular complexity index is 974. The molecule has 1 atom stereocenters. The maximum Gasteiger partial charge on any atom is 0.282 e. The fourth-order valence-corrected chi connectivity index (χ4v) is 3.25. The van der Waals surface area contributed by atoms with E-state index in [0.717, 1.165) is 0 Å². The Morgan fingerprint density at radius 1 is 1.22 bits per heavy atom. The molecule has 2 aromatic heterocycles. The number of alkyl halides is 2. The number of piperidine rings is 1. The van der Waals surface area contributed by atoms with E-state index in [2.05, 4.69) is 20.6 Å². The lowest BCUT2D eigenvalue weighted by molar-refractivity contribution is -0.0697. The predicted octanol–water partition coefficient (Wildman–Crippen LogP) is 2.46. The Hall–Kier alpha value is -3.07. The molecule has 3 heterocycles. The van der Waals surface area contributed by atoms with Gasteiger partial charge in [-0.1, -0.05) is 12.1 Å². The molecule has 0 amide bonds. The number of rotatable bonds is 3. The normalized spacial score (nSPS) is 19.1. The summed E-state index contributed by atoms with van der Waals surface area (Å²) in [6.07, 6.45) is 3.31. The molecular formula is C18H18F2N6O. The van der Waals surface area contributed by atoms with Crippen molar-refractivity contribution in [2.24, 2.45) is 0 Å². The molecule has 9 heteroatoms. The van der Waals surface area contributed by atoms with Crippen LogP contribution in [-0.2, 0) is 0 Å². The van der Waals surface area contributed by atoms with Crippen LogP contribution in [0.4, 0.5) is 14.6 Å². The number of nitrogens with zero attached hydrogens (tertiary/aromatic N) is 4. The van der Waals surface area contributed by atoms with Crippen molar-refractivity contribution in [2.45, 2.75) is 18.4 Å². The fourth-order valence-electron chi connectivity index (χ4n) is 3.25. The van der Waals surface area contributed by atoms with Crippen molar-refractivity contribution in [3.05, 3.63) is 42.7 Å². The van der Waals surface area contributed by atoms with E-state index in [9.17, 15) is 13.9 Å². The van der Waals surface area contributed by atoms with Crippen LogP contribution in [0, 0.1) is 0 Å². The van der Waals surface area contributed by atoms with Gasteiger partial charge in [-0.2, -0.15) is 5.10 Å². The van der Waals surface area contributed by atoms with E-state index >= 15 is 0 Å². The summed E-state index contributed by atoms with van der Waals surface area (Å²) in [6.45, 7) is 0.134. The number of phenolic OH excluding ortho intramolecular Hbond substituents is 1. The largest absolute Gasteiger partial charge is 0.507 e. The van der Waals surface area contributed by atoms with Crippen molar-refractivity contribution in [1.82, 2.24) is 25.3 Å². The first kappa shape index (κ1) is 17.3. The van der Waals surface area contributed by atoms with E-state index in [1.54, 1.807) is 36.5 Å². The average molecular weight is 372 g/mol. The number of anilines is 1. The van der Waals surface area contributed by atoms with Gasteiger partial charge in [0.1, 0.15) is 11.8 Å². The van der Waals surface area contributed by atoms with E-state index in [-0.39, 0.29) is 24.5 Å². The van der Waals surface area contributed by atoms with Crippen LogP contribution in [-0.4, -0.2) is 44.1 Å². The Labute approximate surface area is 153 Å². The summed E-state index contributed by atoms with van der Waals surface area (Å²) in [7, 11) is 0. The van der Waals surface area contributed by atoms with Crippen LogP contribution in [0.5, 0.6) is 5.75 Å². The van der Waals surface area contributed by atoms with E-state index in [1.165, 1.54) is 10.9 Å². The molecule has 0 bridgehead atoms. The molecule has 4 N–H and O–H groups in total. The summed E-state index contributed by atoms with van der Waals surface area (Å²) in [6, 6.07) is 7.38. The maximum atomic E-state index is 14.2. The molecule has 7 nitrogen and oxygen atoms in total. The van der Waals surface area contributed by atoms with Gasteiger partial charge in [-0.25, -0.2) is 8.78 Å². The van der Waals surface area contributed by atoms with E-state index in [0.29, 0.717) is 28.9 Å². The SMILES string of the molecule is Nc1nnc(-c2ccccc2O)cc1-c1cnn([C@@H]2CCNCC2(F)F)c1. The highest BCUT2D eigenvalue weighted by Gasteiger charge is 2.43. The van der Waals surface area contributed by atoms with Gasteiger partial charge in [-0.3, -0.25) is 4.68 Å². The number of phenols is 1. The molecule has 1 aliphatic heterocycles. The van der Waals surface area contributed by atoms with Crippen LogP contribution in [0.1, 0.15) is 12.5 Å². The highest BCUT2D eigenvalue weighted by atomic mass is 19.3. The van der Waals surface area contributed by atoms with Gasteiger partial charge in [-0.15, -0.1) is 10.2 Å². The van der Waals surface area contributed by atoms with E-state index in [4.69, 9.17) is 5.73 Å². The summed E-state index contributed by atoms with van der Waals surface area (Å²) in [4.78, 5) is 0. The zero-order chi connectivity index (χ0) is 19.0. The Kier molecular flexibility index (Phi) is 4.23. The molecule has 4 rings (SSSR count). The smallest absolute Gasteiger partial charge is 0.282 e. The highest BCUT2D eigenvalue weighted by Crippen LogP contribution is 2.36. The van der Waals surface area contributed by atoms with Crippen LogP contribution in [0.2, 0.25) is 0 Å². The van der Waals surface area contributed by atoms with Crippen molar-refractivity contribution in [3.8, 4) is 28.1 Å². The lowest BCUT2D eigenvalue weighted by atomic mass is 10.0. The second kappa shape index (κ2) is 6.58. The van der Waals surface area contributed by atoms with Crippen LogP contribution >= 0.6 is 0 Å². The topological polar surface area (TPSA) is 102 Å². The highest BCUT2D eigenvalue weighted by molar-refractivity contribution is 5.78. The predicted molar refractivity (Wildman–Crippen MR) is 96.2 cm³/mol.